The van der Waals surface area contributed by atoms with Crippen LogP contribution in [0.15, 0.2) is 35.3 Å². The van der Waals surface area contributed by atoms with Gasteiger partial charge in [-0.1, -0.05) is 30.3 Å². The minimum atomic E-state index is 0.648. The lowest BCUT2D eigenvalue weighted by Crippen LogP contribution is -2.42. The van der Waals surface area contributed by atoms with Crippen molar-refractivity contribution < 1.29 is 4.74 Å². The third-order valence-corrected chi connectivity index (χ3v) is 2.84. The second kappa shape index (κ2) is 11.3. The van der Waals surface area contributed by atoms with Gasteiger partial charge in [0.05, 0.1) is 0 Å². The molecule has 0 heterocycles. The average molecular weight is 278 g/mol. The van der Waals surface area contributed by atoms with Crippen molar-refractivity contribution >= 4 is 5.96 Å². The van der Waals surface area contributed by atoms with E-state index in [0.717, 1.165) is 45.6 Å². The molecule has 0 aliphatic rings. The lowest BCUT2D eigenvalue weighted by molar-refractivity contribution is 0.145. The van der Waals surface area contributed by atoms with E-state index in [1.165, 1.54) is 5.56 Å². The third kappa shape index (κ3) is 7.76. The molecule has 112 valence electrons. The van der Waals surface area contributed by atoms with Crippen molar-refractivity contribution in [2.24, 2.45) is 10.8 Å². The molecule has 0 fully saturated rings. The molecule has 5 nitrogen and oxygen atoms in total. The Morgan fingerprint density at radius 2 is 2.05 bits per heavy atom. The van der Waals surface area contributed by atoms with Crippen molar-refractivity contribution in [1.29, 1.82) is 0 Å². The van der Waals surface area contributed by atoms with E-state index >= 15 is 0 Å². The standard InChI is InChI=1S/C15H26N4O/c1-2-20-13-7-12-18-15(19-16)17-11-6-10-14-8-4-3-5-9-14/h3-5,8-9H,2,6-7,10-13,16H2,1H3,(H2,17,18,19). The third-order valence-electron chi connectivity index (χ3n) is 2.84. The number of hydrogen-bond donors (Lipinski definition) is 3. The largest absolute Gasteiger partial charge is 0.382 e. The number of hydrazine groups is 1. The lowest BCUT2D eigenvalue weighted by Gasteiger charge is -2.09. The summed E-state index contributed by atoms with van der Waals surface area (Å²) in [5.41, 5.74) is 3.93. The number of hydrogen-bond acceptors (Lipinski definition) is 3. The van der Waals surface area contributed by atoms with E-state index in [0.29, 0.717) is 5.96 Å². The maximum absolute atomic E-state index is 5.43. The Kier molecular flexibility index (Phi) is 9.26. The van der Waals surface area contributed by atoms with Crippen LogP contribution in [-0.2, 0) is 11.2 Å². The average Bonchev–Trinajstić information content (AvgIpc) is 2.50. The highest BCUT2D eigenvalue weighted by atomic mass is 16.5. The van der Waals surface area contributed by atoms with Gasteiger partial charge in [0, 0.05) is 26.3 Å². The van der Waals surface area contributed by atoms with Gasteiger partial charge in [0.25, 0.3) is 0 Å². The smallest absolute Gasteiger partial charge is 0.205 e. The van der Waals surface area contributed by atoms with E-state index in [4.69, 9.17) is 10.6 Å². The van der Waals surface area contributed by atoms with Crippen LogP contribution in [-0.4, -0.2) is 32.3 Å². The van der Waals surface area contributed by atoms with Gasteiger partial charge < -0.3 is 10.1 Å². The van der Waals surface area contributed by atoms with Gasteiger partial charge in [-0.15, -0.1) is 0 Å². The van der Waals surface area contributed by atoms with Crippen LogP contribution in [0.5, 0.6) is 0 Å². The summed E-state index contributed by atoms with van der Waals surface area (Å²) in [5.74, 6) is 6.08. The molecule has 0 amide bonds. The first-order valence-corrected chi connectivity index (χ1v) is 7.23. The Labute approximate surface area is 121 Å². The fourth-order valence-corrected chi connectivity index (χ4v) is 1.80. The minimum Gasteiger partial charge on any atom is -0.382 e. The van der Waals surface area contributed by atoms with Crippen LogP contribution < -0.4 is 16.6 Å². The van der Waals surface area contributed by atoms with E-state index in [9.17, 15) is 0 Å². The number of aliphatic imine (C=N–C) groups is 1. The van der Waals surface area contributed by atoms with Crippen molar-refractivity contribution in [2.45, 2.75) is 26.2 Å². The molecule has 1 aromatic carbocycles. The molecule has 0 aliphatic heterocycles. The number of rotatable bonds is 9. The predicted octanol–water partition coefficient (Wildman–Crippen LogP) is 1.45. The summed E-state index contributed by atoms with van der Waals surface area (Å²) in [6.07, 6.45) is 2.99. The lowest BCUT2D eigenvalue weighted by atomic mass is 10.1. The second-order valence-corrected chi connectivity index (χ2v) is 4.44. The number of ether oxygens (including phenoxy) is 1. The van der Waals surface area contributed by atoms with Crippen LogP contribution in [0.25, 0.3) is 0 Å². The number of aryl methyl sites for hydroxylation is 1. The van der Waals surface area contributed by atoms with Crippen molar-refractivity contribution in [3.8, 4) is 0 Å². The fourth-order valence-electron chi connectivity index (χ4n) is 1.80. The molecule has 4 N–H and O–H groups in total. The molecule has 0 spiro atoms. The van der Waals surface area contributed by atoms with Crippen LogP contribution >= 0.6 is 0 Å². The van der Waals surface area contributed by atoms with E-state index < -0.39 is 0 Å². The molecule has 0 saturated heterocycles. The van der Waals surface area contributed by atoms with Gasteiger partial charge in [-0.2, -0.15) is 0 Å². The molecule has 0 atom stereocenters. The summed E-state index contributed by atoms with van der Waals surface area (Å²) in [5, 5.41) is 3.16. The molecule has 0 aromatic heterocycles. The number of nitrogens with two attached hydrogens (primary N) is 1. The Bertz CT molecular complexity index is 367. The van der Waals surface area contributed by atoms with Crippen LogP contribution in [0.3, 0.4) is 0 Å². The van der Waals surface area contributed by atoms with Crippen molar-refractivity contribution in [3.05, 3.63) is 35.9 Å². The molecule has 0 unspecified atom stereocenters. The maximum Gasteiger partial charge on any atom is 0.205 e. The van der Waals surface area contributed by atoms with Crippen LogP contribution in [0.4, 0.5) is 0 Å². The summed E-state index contributed by atoms with van der Waals surface area (Å²) in [6.45, 7) is 5.08. The first-order valence-electron chi connectivity index (χ1n) is 7.23. The topological polar surface area (TPSA) is 71.7 Å². The highest BCUT2D eigenvalue weighted by Crippen LogP contribution is 2.02. The van der Waals surface area contributed by atoms with Crippen LogP contribution in [0.2, 0.25) is 0 Å². The molecule has 1 rings (SSSR count). The van der Waals surface area contributed by atoms with Crippen molar-refractivity contribution in [2.75, 3.05) is 26.3 Å². The second-order valence-electron chi connectivity index (χ2n) is 4.44. The zero-order chi connectivity index (χ0) is 14.5. The van der Waals surface area contributed by atoms with Crippen molar-refractivity contribution in [1.82, 2.24) is 10.7 Å². The summed E-state index contributed by atoms with van der Waals surface area (Å²) in [7, 11) is 0. The Morgan fingerprint density at radius 1 is 1.25 bits per heavy atom. The number of nitrogens with zero attached hydrogens (tertiary/aromatic N) is 1. The Morgan fingerprint density at radius 3 is 2.75 bits per heavy atom. The molecule has 0 bridgehead atoms. The van der Waals surface area contributed by atoms with Crippen molar-refractivity contribution in [3.63, 3.8) is 0 Å². The summed E-state index contributed by atoms with van der Waals surface area (Å²) in [6, 6.07) is 10.4. The van der Waals surface area contributed by atoms with Gasteiger partial charge in [0.15, 0.2) is 0 Å². The molecule has 0 radical (unpaired) electrons. The first kappa shape index (κ1) is 16.5. The quantitative estimate of drug-likeness (QED) is 0.210. The predicted molar refractivity (Wildman–Crippen MR) is 83.5 cm³/mol. The normalized spacial score (nSPS) is 11.4. The number of guanidine groups is 1. The first-order chi connectivity index (χ1) is 9.86. The fraction of sp³-hybridized carbons (Fsp3) is 0.533. The summed E-state index contributed by atoms with van der Waals surface area (Å²) >= 11 is 0. The van der Waals surface area contributed by atoms with E-state index in [1.807, 2.05) is 13.0 Å². The van der Waals surface area contributed by atoms with Gasteiger partial charge >= 0.3 is 0 Å². The number of nitrogens with one attached hydrogen (secondary N) is 2. The van der Waals surface area contributed by atoms with Gasteiger partial charge in [0.2, 0.25) is 5.96 Å². The monoisotopic (exact) mass is 278 g/mol. The van der Waals surface area contributed by atoms with E-state index in [1.54, 1.807) is 0 Å². The Balaban J connectivity index is 2.14. The molecule has 0 saturated carbocycles. The Hall–Kier alpha value is -1.59. The number of benzene rings is 1. The minimum absolute atomic E-state index is 0.648. The van der Waals surface area contributed by atoms with E-state index in [2.05, 4.69) is 40.0 Å². The van der Waals surface area contributed by atoms with Gasteiger partial charge in [0.1, 0.15) is 0 Å². The zero-order valence-electron chi connectivity index (χ0n) is 12.3. The van der Waals surface area contributed by atoms with E-state index in [-0.39, 0.29) is 0 Å². The molecule has 5 heteroatoms. The molecule has 20 heavy (non-hydrogen) atoms. The highest BCUT2D eigenvalue weighted by Gasteiger charge is 1.96. The zero-order valence-corrected chi connectivity index (χ0v) is 12.3. The van der Waals surface area contributed by atoms with Gasteiger partial charge in [-0.3, -0.25) is 10.4 Å². The summed E-state index contributed by atoms with van der Waals surface area (Å²) < 4.78 is 5.26. The maximum atomic E-state index is 5.43. The van der Waals surface area contributed by atoms with Crippen LogP contribution in [0, 0.1) is 0 Å². The molecule has 1 aromatic rings. The SMILES string of the molecule is CCOCCCNC(=NCCCc1ccccc1)NN. The van der Waals surface area contributed by atoms with Crippen LogP contribution in [0.1, 0.15) is 25.3 Å². The molecular formula is C15H26N4O. The molecule has 0 aliphatic carbocycles. The highest BCUT2D eigenvalue weighted by molar-refractivity contribution is 5.79. The van der Waals surface area contributed by atoms with Gasteiger partial charge in [-0.05, 0) is 31.7 Å². The molecular weight excluding hydrogens is 252 g/mol. The summed E-state index contributed by atoms with van der Waals surface area (Å²) in [4.78, 5) is 4.40. The van der Waals surface area contributed by atoms with Gasteiger partial charge in [-0.25, -0.2) is 5.84 Å².